The van der Waals surface area contributed by atoms with Crippen molar-refractivity contribution in [3.63, 3.8) is 0 Å². The van der Waals surface area contributed by atoms with E-state index in [1.54, 1.807) is 13.0 Å². The van der Waals surface area contributed by atoms with Gasteiger partial charge in [0.1, 0.15) is 5.75 Å². The van der Waals surface area contributed by atoms with Gasteiger partial charge in [-0.15, -0.1) is 16.8 Å². The number of hydrogen-bond acceptors (Lipinski definition) is 6. The van der Waals surface area contributed by atoms with E-state index in [0.717, 1.165) is 30.0 Å². The van der Waals surface area contributed by atoms with Gasteiger partial charge in [-0.2, -0.15) is 0 Å². The zero-order chi connectivity index (χ0) is 19.1. The lowest BCUT2D eigenvalue weighted by molar-refractivity contribution is -0.139. The maximum Gasteiger partial charge on any atom is 0.316 e. The Morgan fingerprint density at radius 1 is 1.30 bits per heavy atom. The van der Waals surface area contributed by atoms with Crippen molar-refractivity contribution in [1.82, 2.24) is 14.8 Å². The van der Waals surface area contributed by atoms with Gasteiger partial charge in [-0.3, -0.25) is 9.36 Å². The second kappa shape index (κ2) is 9.60. The summed E-state index contributed by atoms with van der Waals surface area (Å²) >= 11 is 1.32. The van der Waals surface area contributed by atoms with Crippen molar-refractivity contribution in [1.29, 1.82) is 0 Å². The van der Waals surface area contributed by atoms with Crippen LogP contribution in [0.25, 0.3) is 11.4 Å². The number of carbonyl (C=O) groups is 1. The molecule has 27 heavy (non-hydrogen) atoms. The van der Waals surface area contributed by atoms with Crippen molar-refractivity contribution in [3.05, 3.63) is 36.9 Å². The minimum absolute atomic E-state index is 0.206. The molecular weight excluding hydrogens is 362 g/mol. The van der Waals surface area contributed by atoms with Gasteiger partial charge in [-0.1, -0.05) is 17.8 Å². The maximum atomic E-state index is 11.6. The van der Waals surface area contributed by atoms with E-state index >= 15 is 0 Å². The first-order chi connectivity index (χ1) is 13.2. The molecule has 7 heteroatoms. The standard InChI is InChI=1S/C20H25N3O3S/c1-3-13-23-19(21-22-20(23)27-14-18(24)25-4-2)15-9-11-17(12-10-15)26-16-7-5-6-8-16/h3,9-12,16H,1,4-8,13-14H2,2H3. The zero-order valence-corrected chi connectivity index (χ0v) is 16.4. The van der Waals surface area contributed by atoms with Gasteiger partial charge in [0, 0.05) is 12.1 Å². The molecule has 1 fully saturated rings. The van der Waals surface area contributed by atoms with E-state index in [9.17, 15) is 4.79 Å². The van der Waals surface area contributed by atoms with Crippen LogP contribution in [0.1, 0.15) is 32.6 Å². The predicted molar refractivity (Wildman–Crippen MR) is 106 cm³/mol. The van der Waals surface area contributed by atoms with Crippen LogP contribution in [0.2, 0.25) is 0 Å². The van der Waals surface area contributed by atoms with E-state index < -0.39 is 0 Å². The predicted octanol–water partition coefficient (Wildman–Crippen LogP) is 4.11. The minimum atomic E-state index is -0.259. The molecule has 0 spiro atoms. The molecule has 144 valence electrons. The lowest BCUT2D eigenvalue weighted by Gasteiger charge is -2.13. The van der Waals surface area contributed by atoms with Crippen LogP contribution in [0, 0.1) is 0 Å². The summed E-state index contributed by atoms with van der Waals surface area (Å²) in [7, 11) is 0. The van der Waals surface area contributed by atoms with Crippen LogP contribution in [-0.2, 0) is 16.1 Å². The second-order valence-corrected chi connectivity index (χ2v) is 7.29. The first-order valence-corrected chi connectivity index (χ1v) is 10.3. The molecule has 1 heterocycles. The highest BCUT2D eigenvalue weighted by Crippen LogP contribution is 2.28. The summed E-state index contributed by atoms with van der Waals surface area (Å²) in [6, 6.07) is 7.94. The first-order valence-electron chi connectivity index (χ1n) is 9.31. The van der Waals surface area contributed by atoms with E-state index in [-0.39, 0.29) is 11.7 Å². The van der Waals surface area contributed by atoms with Crippen molar-refractivity contribution >= 4 is 17.7 Å². The number of allylic oxidation sites excluding steroid dienone is 1. The average Bonchev–Trinajstić information content (AvgIpc) is 3.32. The van der Waals surface area contributed by atoms with Crippen LogP contribution in [0.15, 0.2) is 42.1 Å². The largest absolute Gasteiger partial charge is 0.490 e. The highest BCUT2D eigenvalue weighted by molar-refractivity contribution is 7.99. The zero-order valence-electron chi connectivity index (χ0n) is 15.6. The highest BCUT2D eigenvalue weighted by atomic mass is 32.2. The SMILES string of the molecule is C=CCn1c(SCC(=O)OCC)nnc1-c1ccc(OC2CCCC2)cc1. The molecule has 1 aliphatic rings. The smallest absolute Gasteiger partial charge is 0.316 e. The summed E-state index contributed by atoms with van der Waals surface area (Å²) in [4.78, 5) is 11.6. The van der Waals surface area contributed by atoms with E-state index in [1.807, 2.05) is 28.8 Å². The van der Waals surface area contributed by atoms with E-state index in [2.05, 4.69) is 16.8 Å². The number of benzene rings is 1. The van der Waals surface area contributed by atoms with Crippen LogP contribution in [0.4, 0.5) is 0 Å². The molecule has 3 rings (SSSR count). The van der Waals surface area contributed by atoms with Crippen molar-refractivity contribution in [2.24, 2.45) is 0 Å². The van der Waals surface area contributed by atoms with Gasteiger partial charge in [0.05, 0.1) is 18.5 Å². The molecule has 0 amide bonds. The molecule has 0 N–H and O–H groups in total. The Hall–Kier alpha value is -2.28. The summed E-state index contributed by atoms with van der Waals surface area (Å²) < 4.78 is 12.9. The fourth-order valence-corrected chi connectivity index (χ4v) is 3.86. The monoisotopic (exact) mass is 387 g/mol. The van der Waals surface area contributed by atoms with Crippen molar-refractivity contribution in [2.45, 2.75) is 50.4 Å². The molecule has 6 nitrogen and oxygen atoms in total. The summed E-state index contributed by atoms with van der Waals surface area (Å²) in [5.41, 5.74) is 0.950. The molecule has 1 aliphatic carbocycles. The molecule has 0 radical (unpaired) electrons. The molecule has 0 atom stereocenters. The van der Waals surface area contributed by atoms with Crippen LogP contribution in [0.5, 0.6) is 5.75 Å². The maximum absolute atomic E-state index is 11.6. The van der Waals surface area contributed by atoms with Gasteiger partial charge in [-0.05, 0) is 56.9 Å². The molecular formula is C20H25N3O3S. The Balaban J connectivity index is 1.72. The third-order valence-corrected chi connectivity index (χ3v) is 5.31. The topological polar surface area (TPSA) is 66.2 Å². The lowest BCUT2D eigenvalue weighted by atomic mass is 10.2. The summed E-state index contributed by atoms with van der Waals surface area (Å²) in [6.07, 6.45) is 6.90. The van der Waals surface area contributed by atoms with Gasteiger partial charge in [-0.25, -0.2) is 0 Å². The minimum Gasteiger partial charge on any atom is -0.490 e. The number of rotatable bonds is 9. The Kier molecular flexibility index (Phi) is 6.92. The lowest BCUT2D eigenvalue weighted by Crippen LogP contribution is -2.10. The number of esters is 1. The summed E-state index contributed by atoms with van der Waals surface area (Å²) in [6.45, 7) is 6.54. The Morgan fingerprint density at radius 2 is 2.04 bits per heavy atom. The third kappa shape index (κ3) is 5.13. The van der Waals surface area contributed by atoms with Crippen LogP contribution in [0.3, 0.4) is 0 Å². The van der Waals surface area contributed by atoms with Gasteiger partial charge in [0.2, 0.25) is 0 Å². The molecule has 0 unspecified atom stereocenters. The Bertz CT molecular complexity index is 767. The quantitative estimate of drug-likeness (QED) is 0.366. The summed E-state index contributed by atoms with van der Waals surface area (Å²) in [5.74, 6) is 1.58. The van der Waals surface area contributed by atoms with Gasteiger partial charge >= 0.3 is 5.97 Å². The summed E-state index contributed by atoms with van der Waals surface area (Å²) in [5, 5.41) is 9.22. The molecule has 1 saturated carbocycles. The highest BCUT2D eigenvalue weighted by Gasteiger charge is 2.18. The van der Waals surface area contributed by atoms with E-state index in [0.29, 0.717) is 24.4 Å². The average molecular weight is 388 g/mol. The second-order valence-electron chi connectivity index (χ2n) is 6.35. The number of hydrogen-bond donors (Lipinski definition) is 0. The Morgan fingerprint density at radius 3 is 2.70 bits per heavy atom. The number of aromatic nitrogens is 3. The fraction of sp³-hybridized carbons (Fsp3) is 0.450. The van der Waals surface area contributed by atoms with Crippen molar-refractivity contribution < 1.29 is 14.3 Å². The Labute approximate surface area is 164 Å². The molecule has 0 bridgehead atoms. The number of ether oxygens (including phenoxy) is 2. The fourth-order valence-electron chi connectivity index (χ4n) is 3.11. The number of thioether (sulfide) groups is 1. The van der Waals surface area contributed by atoms with Crippen LogP contribution in [-0.4, -0.2) is 39.2 Å². The molecule has 0 saturated heterocycles. The normalized spacial score (nSPS) is 14.3. The van der Waals surface area contributed by atoms with Gasteiger partial charge < -0.3 is 9.47 Å². The number of nitrogens with zero attached hydrogens (tertiary/aromatic N) is 3. The van der Waals surface area contributed by atoms with Crippen LogP contribution >= 0.6 is 11.8 Å². The van der Waals surface area contributed by atoms with Crippen molar-refractivity contribution in [3.8, 4) is 17.1 Å². The van der Waals surface area contributed by atoms with E-state index in [4.69, 9.17) is 9.47 Å². The molecule has 1 aromatic heterocycles. The van der Waals surface area contributed by atoms with E-state index in [1.165, 1.54) is 24.6 Å². The molecule has 2 aromatic rings. The van der Waals surface area contributed by atoms with Gasteiger partial charge in [0.25, 0.3) is 0 Å². The molecule has 0 aliphatic heterocycles. The van der Waals surface area contributed by atoms with Crippen molar-refractivity contribution in [2.75, 3.05) is 12.4 Å². The van der Waals surface area contributed by atoms with Gasteiger partial charge in [0.15, 0.2) is 11.0 Å². The molecule has 1 aromatic carbocycles. The van der Waals surface area contributed by atoms with Crippen LogP contribution < -0.4 is 4.74 Å². The number of carbonyl (C=O) groups excluding carboxylic acids is 1. The third-order valence-electron chi connectivity index (χ3n) is 4.37. The first kappa shape index (κ1) is 19.5.